The second-order valence-electron chi connectivity index (χ2n) is 7.27. The normalized spacial score (nSPS) is 15.1. The number of carbonyl (C=O) groups excluding carboxylic acids is 1. The summed E-state index contributed by atoms with van der Waals surface area (Å²) in [4.78, 5) is 20.3. The van der Waals surface area contributed by atoms with Crippen LogP contribution in [0.15, 0.2) is 29.3 Å². The quantitative estimate of drug-likeness (QED) is 0.261. The van der Waals surface area contributed by atoms with Crippen molar-refractivity contribution >= 4 is 35.8 Å². The highest BCUT2D eigenvalue weighted by Crippen LogP contribution is 2.29. The lowest BCUT2D eigenvalue weighted by Gasteiger charge is -2.36. The molecule has 1 aliphatic rings. The fourth-order valence-electron chi connectivity index (χ4n) is 3.06. The van der Waals surface area contributed by atoms with Crippen LogP contribution in [0.25, 0.3) is 0 Å². The molecule has 0 aliphatic carbocycles. The molecule has 0 aromatic heterocycles. The zero-order valence-electron chi connectivity index (χ0n) is 17.9. The topological polar surface area (TPSA) is 60.0 Å². The third-order valence-electron chi connectivity index (χ3n) is 4.46. The van der Waals surface area contributed by atoms with Crippen molar-refractivity contribution in [1.29, 1.82) is 0 Å². The summed E-state index contributed by atoms with van der Waals surface area (Å²) in [7, 11) is 1.67. The van der Waals surface area contributed by atoms with Crippen molar-refractivity contribution in [2.45, 2.75) is 26.1 Å². The maximum atomic E-state index is 12.8. The lowest BCUT2D eigenvalue weighted by molar-refractivity contribution is -0.137. The fourth-order valence-corrected chi connectivity index (χ4v) is 3.06. The van der Waals surface area contributed by atoms with Crippen LogP contribution in [0.4, 0.5) is 13.2 Å². The molecule has 1 aromatic carbocycles. The highest BCUT2D eigenvalue weighted by Gasteiger charge is 2.30. The van der Waals surface area contributed by atoms with Gasteiger partial charge in [0.15, 0.2) is 5.96 Å². The Labute approximate surface area is 198 Å². The van der Waals surface area contributed by atoms with E-state index in [4.69, 9.17) is 0 Å². The number of amides is 1. The van der Waals surface area contributed by atoms with Gasteiger partial charge in [-0.25, -0.2) is 0 Å². The molecule has 0 spiro atoms. The minimum absolute atomic E-state index is 0. The Kier molecular flexibility index (Phi) is 11.1. The predicted molar refractivity (Wildman–Crippen MR) is 126 cm³/mol. The van der Waals surface area contributed by atoms with Gasteiger partial charge in [0.1, 0.15) is 0 Å². The van der Waals surface area contributed by atoms with Crippen molar-refractivity contribution in [2.24, 2.45) is 4.99 Å². The molecule has 2 rings (SSSR count). The van der Waals surface area contributed by atoms with E-state index in [1.807, 2.05) is 13.8 Å². The second kappa shape index (κ2) is 12.8. The predicted octanol–water partition coefficient (Wildman–Crippen LogP) is 2.39. The van der Waals surface area contributed by atoms with Gasteiger partial charge in [-0.15, -0.1) is 24.0 Å². The van der Waals surface area contributed by atoms with E-state index in [1.54, 1.807) is 13.1 Å². The monoisotopic (exact) mass is 551 g/mol. The zero-order chi connectivity index (χ0) is 22.1. The molecule has 1 saturated heterocycles. The molecule has 172 valence electrons. The van der Waals surface area contributed by atoms with E-state index in [9.17, 15) is 18.0 Å². The number of guanidine groups is 1. The van der Waals surface area contributed by atoms with Crippen LogP contribution in [0.5, 0.6) is 0 Å². The number of rotatable bonds is 4. The minimum atomic E-state index is -4.38. The van der Waals surface area contributed by atoms with Gasteiger partial charge < -0.3 is 15.5 Å². The molecule has 0 saturated carbocycles. The Hall–Kier alpha value is -2.00. The van der Waals surface area contributed by atoms with Crippen LogP contribution >= 0.6 is 24.0 Å². The smallest absolute Gasteiger partial charge is 0.353 e. The van der Waals surface area contributed by atoms with E-state index in [-0.39, 0.29) is 42.5 Å². The van der Waals surface area contributed by atoms with Gasteiger partial charge in [-0.2, -0.15) is 13.2 Å². The number of nitrogens with zero attached hydrogens (tertiary/aromatic N) is 3. The van der Waals surface area contributed by atoms with Gasteiger partial charge >= 0.3 is 6.18 Å². The molecule has 1 fully saturated rings. The summed E-state index contributed by atoms with van der Waals surface area (Å²) in [6.07, 6.45) is -4.38. The van der Waals surface area contributed by atoms with Crippen LogP contribution in [0.3, 0.4) is 0 Å². The number of piperazine rings is 1. The summed E-state index contributed by atoms with van der Waals surface area (Å²) < 4.78 is 38.3. The second-order valence-corrected chi connectivity index (χ2v) is 7.27. The molecular weight excluding hydrogens is 522 g/mol. The molecule has 0 atom stereocenters. The van der Waals surface area contributed by atoms with Crippen molar-refractivity contribution in [3.8, 4) is 11.8 Å². The number of nitrogens with one attached hydrogen (secondary N) is 2. The molecule has 10 heteroatoms. The molecule has 1 amide bonds. The number of hydrogen-bond donors (Lipinski definition) is 2. The number of aliphatic imine (C=N–C) groups is 1. The Balaban J connectivity index is 0.00000480. The van der Waals surface area contributed by atoms with Crippen LogP contribution in [-0.2, 0) is 11.0 Å². The zero-order valence-corrected chi connectivity index (χ0v) is 20.3. The van der Waals surface area contributed by atoms with E-state index in [2.05, 4.69) is 37.3 Å². The average molecular weight is 551 g/mol. The molecule has 0 unspecified atom stereocenters. The van der Waals surface area contributed by atoms with Gasteiger partial charge in [0.25, 0.3) is 0 Å². The van der Waals surface area contributed by atoms with Crippen molar-refractivity contribution in [3.05, 3.63) is 35.4 Å². The molecule has 1 aromatic rings. The van der Waals surface area contributed by atoms with E-state index < -0.39 is 11.7 Å². The first-order valence-corrected chi connectivity index (χ1v) is 9.82. The standard InChI is InChI=1S/C21H28F3N5O.HI/c1-16(2)27-19(30)15-28-10-12-29(13-11-28)20(25-3)26-9-5-7-17-6-4-8-18(14-17)21(22,23)24;/h4,6,8,14,16H,9-13,15H2,1-3H3,(H,25,26)(H,27,30);1H. The Bertz CT molecular complexity index is 809. The fraction of sp³-hybridized carbons (Fsp3) is 0.524. The summed E-state index contributed by atoms with van der Waals surface area (Å²) >= 11 is 0. The molecule has 6 nitrogen and oxygen atoms in total. The number of hydrogen-bond acceptors (Lipinski definition) is 3. The number of carbonyl (C=O) groups is 1. The van der Waals surface area contributed by atoms with E-state index in [0.29, 0.717) is 18.1 Å². The lowest BCUT2D eigenvalue weighted by Crippen LogP contribution is -2.54. The van der Waals surface area contributed by atoms with E-state index >= 15 is 0 Å². The first-order valence-electron chi connectivity index (χ1n) is 9.82. The summed E-state index contributed by atoms with van der Waals surface area (Å²) in [6.45, 7) is 7.42. The number of alkyl halides is 3. The van der Waals surface area contributed by atoms with E-state index in [1.165, 1.54) is 6.07 Å². The van der Waals surface area contributed by atoms with Gasteiger partial charge in [-0.1, -0.05) is 17.9 Å². The molecule has 0 bridgehead atoms. The van der Waals surface area contributed by atoms with Crippen LogP contribution < -0.4 is 10.6 Å². The molecule has 31 heavy (non-hydrogen) atoms. The molecule has 1 heterocycles. The van der Waals surface area contributed by atoms with Crippen molar-refractivity contribution in [1.82, 2.24) is 20.4 Å². The van der Waals surface area contributed by atoms with Crippen LogP contribution in [0.2, 0.25) is 0 Å². The molecular formula is C21H29F3IN5O. The van der Waals surface area contributed by atoms with Crippen molar-refractivity contribution in [3.63, 3.8) is 0 Å². The van der Waals surface area contributed by atoms with Crippen molar-refractivity contribution < 1.29 is 18.0 Å². The van der Waals surface area contributed by atoms with Gasteiger partial charge in [0.05, 0.1) is 18.7 Å². The largest absolute Gasteiger partial charge is 0.416 e. The average Bonchev–Trinajstić information content (AvgIpc) is 2.68. The van der Waals surface area contributed by atoms with Gasteiger partial charge in [0, 0.05) is 44.8 Å². The van der Waals surface area contributed by atoms with Crippen LogP contribution in [0.1, 0.15) is 25.0 Å². The third kappa shape index (κ3) is 9.35. The maximum absolute atomic E-state index is 12.8. The summed E-state index contributed by atoms with van der Waals surface area (Å²) in [5.41, 5.74) is -0.395. The Morgan fingerprint density at radius 1 is 1.23 bits per heavy atom. The van der Waals surface area contributed by atoms with Crippen molar-refractivity contribution in [2.75, 3.05) is 46.3 Å². The molecule has 0 radical (unpaired) electrons. The summed E-state index contributed by atoms with van der Waals surface area (Å²) in [5, 5.41) is 6.01. The maximum Gasteiger partial charge on any atom is 0.416 e. The highest BCUT2D eigenvalue weighted by atomic mass is 127. The number of benzene rings is 1. The third-order valence-corrected chi connectivity index (χ3v) is 4.46. The van der Waals surface area contributed by atoms with Gasteiger partial charge in [-0.05, 0) is 32.0 Å². The summed E-state index contributed by atoms with van der Waals surface area (Å²) in [6, 6.07) is 5.08. The molecule has 2 N–H and O–H groups in total. The van der Waals surface area contributed by atoms with Gasteiger partial charge in [0.2, 0.25) is 5.91 Å². The van der Waals surface area contributed by atoms with Crippen LogP contribution in [-0.4, -0.2) is 74.0 Å². The summed E-state index contributed by atoms with van der Waals surface area (Å²) in [5.74, 6) is 6.28. The minimum Gasteiger partial charge on any atom is -0.353 e. The molecule has 1 aliphatic heterocycles. The van der Waals surface area contributed by atoms with Crippen LogP contribution in [0, 0.1) is 11.8 Å². The Morgan fingerprint density at radius 2 is 1.90 bits per heavy atom. The highest BCUT2D eigenvalue weighted by molar-refractivity contribution is 14.0. The first kappa shape index (κ1) is 27.0. The van der Waals surface area contributed by atoms with E-state index in [0.717, 1.165) is 38.3 Å². The SMILES string of the molecule is CN=C(NCC#Cc1cccc(C(F)(F)F)c1)N1CCN(CC(=O)NC(C)C)CC1.I. The first-order chi connectivity index (χ1) is 14.2. The van der Waals surface area contributed by atoms with Gasteiger partial charge in [-0.3, -0.25) is 14.7 Å². The number of halogens is 4. The lowest BCUT2D eigenvalue weighted by atomic mass is 10.1. The Morgan fingerprint density at radius 3 is 2.48 bits per heavy atom.